The van der Waals surface area contributed by atoms with E-state index in [1.807, 2.05) is 6.07 Å². The Kier molecular flexibility index (Phi) is 5.39. The number of aliphatic hydroxyl groups excluding tert-OH is 1. The Morgan fingerprint density at radius 2 is 2.40 bits per heavy atom. The predicted octanol–water partition coefficient (Wildman–Crippen LogP) is 1.33. The van der Waals surface area contributed by atoms with Gasteiger partial charge in [0.05, 0.1) is 25.2 Å². The minimum Gasteiger partial charge on any atom is -0.472 e. The molecule has 4 heteroatoms. The van der Waals surface area contributed by atoms with Crippen LogP contribution in [0.5, 0.6) is 0 Å². The molecule has 15 heavy (non-hydrogen) atoms. The van der Waals surface area contributed by atoms with Gasteiger partial charge in [0.25, 0.3) is 0 Å². The summed E-state index contributed by atoms with van der Waals surface area (Å²) in [6, 6.07) is 2.18. The van der Waals surface area contributed by atoms with Crippen LogP contribution < -0.4 is 5.32 Å². The number of furan rings is 1. The highest BCUT2D eigenvalue weighted by atomic mass is 16.5. The van der Waals surface area contributed by atoms with Gasteiger partial charge in [0.2, 0.25) is 0 Å². The van der Waals surface area contributed by atoms with Crippen molar-refractivity contribution in [2.75, 3.05) is 20.3 Å². The SMILES string of the molecule is COCC(O)CCNC(C)c1ccoc1. The summed E-state index contributed by atoms with van der Waals surface area (Å²) >= 11 is 0. The van der Waals surface area contributed by atoms with Gasteiger partial charge in [-0.25, -0.2) is 0 Å². The molecule has 1 heterocycles. The number of methoxy groups -OCH3 is 1. The van der Waals surface area contributed by atoms with Crippen molar-refractivity contribution in [3.8, 4) is 0 Å². The molecular weight excluding hydrogens is 194 g/mol. The standard InChI is InChI=1S/C11H19NO3/c1-9(10-4-6-15-7-10)12-5-3-11(13)8-14-2/h4,6-7,9,11-13H,3,5,8H2,1-2H3. The minimum atomic E-state index is -0.390. The monoisotopic (exact) mass is 213 g/mol. The Balaban J connectivity index is 2.15. The zero-order chi connectivity index (χ0) is 11.1. The highest BCUT2D eigenvalue weighted by Crippen LogP contribution is 2.11. The van der Waals surface area contributed by atoms with Gasteiger partial charge in [-0.15, -0.1) is 0 Å². The van der Waals surface area contributed by atoms with E-state index < -0.39 is 0 Å². The Bertz CT molecular complexity index is 248. The first-order chi connectivity index (χ1) is 7.24. The van der Waals surface area contributed by atoms with E-state index >= 15 is 0 Å². The molecule has 0 aliphatic carbocycles. The van der Waals surface area contributed by atoms with Crippen LogP contribution in [0.4, 0.5) is 0 Å². The maximum Gasteiger partial charge on any atom is 0.0950 e. The van der Waals surface area contributed by atoms with Gasteiger partial charge in [0, 0.05) is 18.7 Å². The van der Waals surface area contributed by atoms with Crippen LogP contribution in [0.2, 0.25) is 0 Å². The normalized spacial score (nSPS) is 15.1. The average Bonchev–Trinajstić information content (AvgIpc) is 2.70. The highest BCUT2D eigenvalue weighted by molar-refractivity contribution is 5.09. The molecule has 0 aromatic carbocycles. The lowest BCUT2D eigenvalue weighted by Crippen LogP contribution is -2.25. The molecule has 1 aromatic rings. The fraction of sp³-hybridized carbons (Fsp3) is 0.636. The van der Waals surface area contributed by atoms with Crippen molar-refractivity contribution < 1.29 is 14.3 Å². The van der Waals surface area contributed by atoms with Crippen LogP contribution in [0.3, 0.4) is 0 Å². The van der Waals surface area contributed by atoms with Gasteiger partial charge in [-0.1, -0.05) is 0 Å². The molecule has 0 aliphatic heterocycles. The molecule has 2 atom stereocenters. The summed E-state index contributed by atoms with van der Waals surface area (Å²) in [5.74, 6) is 0. The van der Waals surface area contributed by atoms with E-state index in [9.17, 15) is 5.11 Å². The maximum atomic E-state index is 9.41. The molecule has 2 N–H and O–H groups in total. The Labute approximate surface area is 90.2 Å². The number of hydrogen-bond donors (Lipinski definition) is 2. The van der Waals surface area contributed by atoms with Crippen molar-refractivity contribution in [3.63, 3.8) is 0 Å². The van der Waals surface area contributed by atoms with Crippen molar-refractivity contribution in [2.45, 2.75) is 25.5 Å². The molecule has 0 fully saturated rings. The lowest BCUT2D eigenvalue weighted by atomic mass is 10.1. The zero-order valence-corrected chi connectivity index (χ0v) is 9.27. The molecule has 0 aliphatic rings. The average molecular weight is 213 g/mol. The number of ether oxygens (including phenoxy) is 1. The fourth-order valence-corrected chi connectivity index (χ4v) is 1.38. The third kappa shape index (κ3) is 4.46. The quantitative estimate of drug-likeness (QED) is 0.717. The van der Waals surface area contributed by atoms with Gasteiger partial charge in [-0.05, 0) is 26.0 Å². The number of hydrogen-bond acceptors (Lipinski definition) is 4. The highest BCUT2D eigenvalue weighted by Gasteiger charge is 2.07. The van der Waals surface area contributed by atoms with Crippen LogP contribution in [-0.4, -0.2) is 31.5 Å². The lowest BCUT2D eigenvalue weighted by Gasteiger charge is -2.14. The Morgan fingerprint density at radius 1 is 1.60 bits per heavy atom. The molecule has 0 amide bonds. The van der Waals surface area contributed by atoms with Crippen LogP contribution in [0.25, 0.3) is 0 Å². The first kappa shape index (κ1) is 12.2. The van der Waals surface area contributed by atoms with Crippen LogP contribution >= 0.6 is 0 Å². The Morgan fingerprint density at radius 3 is 3.00 bits per heavy atom. The molecule has 1 rings (SSSR count). The second kappa shape index (κ2) is 6.61. The van der Waals surface area contributed by atoms with E-state index in [0.717, 1.165) is 12.1 Å². The topological polar surface area (TPSA) is 54.6 Å². The van der Waals surface area contributed by atoms with E-state index in [1.165, 1.54) is 0 Å². The van der Waals surface area contributed by atoms with E-state index in [1.54, 1.807) is 19.6 Å². The molecule has 1 aromatic heterocycles. The van der Waals surface area contributed by atoms with Crippen molar-refractivity contribution in [1.82, 2.24) is 5.32 Å². The predicted molar refractivity (Wildman–Crippen MR) is 57.6 cm³/mol. The van der Waals surface area contributed by atoms with Crippen molar-refractivity contribution in [2.24, 2.45) is 0 Å². The van der Waals surface area contributed by atoms with Gasteiger partial charge in [0.1, 0.15) is 0 Å². The summed E-state index contributed by atoms with van der Waals surface area (Å²) in [6.07, 6.45) is 3.69. The van der Waals surface area contributed by atoms with Crippen molar-refractivity contribution in [3.05, 3.63) is 24.2 Å². The zero-order valence-electron chi connectivity index (χ0n) is 9.27. The first-order valence-corrected chi connectivity index (χ1v) is 5.16. The molecule has 0 spiro atoms. The summed E-state index contributed by atoms with van der Waals surface area (Å²) in [4.78, 5) is 0. The summed E-state index contributed by atoms with van der Waals surface area (Å²) in [5, 5.41) is 12.7. The smallest absolute Gasteiger partial charge is 0.0950 e. The van der Waals surface area contributed by atoms with Crippen LogP contribution in [-0.2, 0) is 4.74 Å². The molecule has 4 nitrogen and oxygen atoms in total. The summed E-state index contributed by atoms with van der Waals surface area (Å²) < 4.78 is 9.83. The molecule has 86 valence electrons. The number of aliphatic hydroxyl groups is 1. The fourth-order valence-electron chi connectivity index (χ4n) is 1.38. The molecule has 0 saturated heterocycles. The van der Waals surface area contributed by atoms with Crippen molar-refractivity contribution in [1.29, 1.82) is 0 Å². The van der Waals surface area contributed by atoms with Crippen LogP contribution in [0.1, 0.15) is 24.9 Å². The molecule has 0 saturated carbocycles. The van der Waals surface area contributed by atoms with Gasteiger partial charge in [-0.2, -0.15) is 0 Å². The second-order valence-corrected chi connectivity index (χ2v) is 3.63. The lowest BCUT2D eigenvalue weighted by molar-refractivity contribution is 0.0590. The molecule has 2 unspecified atom stereocenters. The maximum absolute atomic E-state index is 9.41. The van der Waals surface area contributed by atoms with Crippen LogP contribution in [0, 0.1) is 0 Å². The van der Waals surface area contributed by atoms with E-state index in [0.29, 0.717) is 13.0 Å². The van der Waals surface area contributed by atoms with Crippen molar-refractivity contribution >= 4 is 0 Å². The van der Waals surface area contributed by atoms with E-state index in [2.05, 4.69) is 12.2 Å². The number of nitrogens with one attached hydrogen (secondary N) is 1. The summed E-state index contributed by atoms with van der Waals surface area (Å²) in [5.41, 5.74) is 1.12. The summed E-state index contributed by atoms with van der Waals surface area (Å²) in [6.45, 7) is 3.21. The van der Waals surface area contributed by atoms with E-state index in [4.69, 9.17) is 9.15 Å². The van der Waals surface area contributed by atoms with Gasteiger partial charge >= 0.3 is 0 Å². The molecule has 0 radical (unpaired) electrons. The number of rotatable bonds is 7. The van der Waals surface area contributed by atoms with Gasteiger partial charge in [0.15, 0.2) is 0 Å². The largest absolute Gasteiger partial charge is 0.472 e. The molecule has 0 bridgehead atoms. The van der Waals surface area contributed by atoms with Crippen LogP contribution in [0.15, 0.2) is 23.0 Å². The Hall–Kier alpha value is -0.840. The summed E-state index contributed by atoms with van der Waals surface area (Å²) in [7, 11) is 1.59. The van der Waals surface area contributed by atoms with E-state index in [-0.39, 0.29) is 12.1 Å². The molecular formula is C11H19NO3. The van der Waals surface area contributed by atoms with Gasteiger partial charge in [-0.3, -0.25) is 0 Å². The third-order valence-corrected chi connectivity index (χ3v) is 2.33. The third-order valence-electron chi connectivity index (χ3n) is 2.33. The van der Waals surface area contributed by atoms with Gasteiger partial charge < -0.3 is 19.6 Å². The first-order valence-electron chi connectivity index (χ1n) is 5.16. The minimum absolute atomic E-state index is 0.249. The second-order valence-electron chi connectivity index (χ2n) is 3.63.